The van der Waals surface area contributed by atoms with Gasteiger partial charge in [0.15, 0.2) is 0 Å². The standard InChI is InChI=1S/C70H124N12O18/c1-24-25-26-44(13)58(84)57-64(90)76-55(47(16)83)68(94)79(19)54(37-98-23)67(93)78(18)53(32-41(8)9)63(89)75-50(29-38(2)3)65(91)77(17)52(31-40(6)7)62(88)72-45(14)59(85)71-46(15)60(86)73-49(33-43(12)35-100-70(96)82-27-28-99-48(34-82)36-97-22)61(87)74-51(30-39(4)5)66(92)80(20)56(42(10)11)69(95)81(57)21/h24-25,38-58,83-84H,26-37H2,1-23H3,(H,71,85)(H,72,88)(H,73,86)(H,74,87)(H,75,89)(H,76,90)/b25-24+/t43-,44+,45-,46+,47+,48+,49-,50-,51-,52-,53-,54+,55-,56-,57-,58+/m0/s1. The van der Waals surface area contributed by atoms with Crippen molar-refractivity contribution in [3.8, 4) is 0 Å². The summed E-state index contributed by atoms with van der Waals surface area (Å²) in [6.45, 7) is 27.1. The highest BCUT2D eigenvalue weighted by molar-refractivity contribution is 6.00. The van der Waals surface area contributed by atoms with Gasteiger partial charge in [-0.1, -0.05) is 95.2 Å². The monoisotopic (exact) mass is 1420 g/mol. The number of carbonyl (C=O) groups excluding carboxylic acids is 12. The van der Waals surface area contributed by atoms with Gasteiger partial charge in [-0.05, 0) is 108 Å². The van der Waals surface area contributed by atoms with Crippen LogP contribution in [0.3, 0.4) is 0 Å². The van der Waals surface area contributed by atoms with Crippen LogP contribution < -0.4 is 31.9 Å². The van der Waals surface area contributed by atoms with Crippen molar-refractivity contribution >= 4 is 71.1 Å². The Morgan fingerprint density at radius 2 is 0.970 bits per heavy atom. The number of aliphatic hydroxyl groups excluding tert-OH is 2. The van der Waals surface area contributed by atoms with E-state index in [2.05, 4.69) is 31.9 Å². The summed E-state index contributed by atoms with van der Waals surface area (Å²) in [7, 11) is 9.38. The summed E-state index contributed by atoms with van der Waals surface area (Å²) in [4.78, 5) is 183. The Bertz CT molecular complexity index is 2750. The van der Waals surface area contributed by atoms with Crippen LogP contribution in [-0.2, 0) is 71.7 Å². The van der Waals surface area contributed by atoms with E-state index in [1.165, 1.54) is 80.0 Å². The second-order valence-electron chi connectivity index (χ2n) is 29.4. The Hall–Kier alpha value is -7.02. The molecule has 0 aromatic rings. The first kappa shape index (κ1) is 89.1. The molecule has 0 aliphatic carbocycles. The van der Waals surface area contributed by atoms with Gasteiger partial charge in [-0.3, -0.25) is 52.7 Å². The first-order chi connectivity index (χ1) is 46.6. The van der Waals surface area contributed by atoms with E-state index >= 15 is 14.4 Å². The average Bonchev–Trinajstić information content (AvgIpc) is 0.805. The highest BCUT2D eigenvalue weighted by Crippen LogP contribution is 2.25. The summed E-state index contributed by atoms with van der Waals surface area (Å²) in [5, 5.41) is 39.9. The van der Waals surface area contributed by atoms with Gasteiger partial charge in [0.05, 0.1) is 51.3 Å². The molecule has 2 fully saturated rings. The number of ether oxygens (including phenoxy) is 4. The van der Waals surface area contributed by atoms with Gasteiger partial charge >= 0.3 is 6.09 Å². The van der Waals surface area contributed by atoms with Crippen molar-refractivity contribution in [3.05, 3.63) is 12.2 Å². The molecular weight excluding hydrogens is 1300 g/mol. The maximum atomic E-state index is 15.3. The van der Waals surface area contributed by atoms with E-state index in [1.807, 2.05) is 41.5 Å². The smallest absolute Gasteiger partial charge is 0.409 e. The Balaban J connectivity index is 3.05. The normalized spacial score (nSPS) is 27.4. The number of allylic oxidation sites excluding steroid dienone is 2. The number of likely N-dealkylation sites (N-methyl/N-ethyl adjacent to an activating group) is 5. The van der Waals surface area contributed by atoms with Crippen LogP contribution in [0.1, 0.15) is 149 Å². The number of methoxy groups -OCH3 is 2. The minimum Gasteiger partial charge on any atom is -0.449 e. The fourth-order valence-corrected chi connectivity index (χ4v) is 12.2. The SMILES string of the molecule is C/C=C/C[C@@H](C)[C@@H](O)[C@H]1C(=O)N[C@@H]([C@@H](C)O)C(=O)N(C)[C@H](COC)C(=O)N(C)[C@@H](CC(C)C)C(=O)N[C@@H](CC(C)C)C(=O)N(C)[C@@H](CC(C)C)C(=O)N[C@@H](C)C(=O)N[C@H](C)C(=O)N[C@@H](C[C@H](C)COC(=O)N2CCO[C@@H](COC)C2)C(=O)N[C@@H](CC(C)C)C(=O)N(C)[C@@H](C(C)C)C(=O)N1C. The van der Waals surface area contributed by atoms with Crippen molar-refractivity contribution < 1.29 is 86.7 Å². The fraction of sp³-hybridized carbons (Fsp3) is 0.800. The van der Waals surface area contributed by atoms with Crippen LogP contribution in [0, 0.1) is 41.4 Å². The van der Waals surface area contributed by atoms with Crippen LogP contribution >= 0.6 is 0 Å². The van der Waals surface area contributed by atoms with Gasteiger partial charge in [0.25, 0.3) is 0 Å². The van der Waals surface area contributed by atoms with Crippen molar-refractivity contribution in [2.75, 3.05) is 89.0 Å². The molecule has 30 heteroatoms. The van der Waals surface area contributed by atoms with Crippen LogP contribution in [-0.4, -0.2) is 284 Å². The van der Waals surface area contributed by atoms with Crippen LogP contribution in [0.5, 0.6) is 0 Å². The first-order valence-corrected chi connectivity index (χ1v) is 35.2. The molecule has 8 N–H and O–H groups in total. The molecule has 0 radical (unpaired) electrons. The Morgan fingerprint density at radius 3 is 1.46 bits per heavy atom. The molecule has 2 rings (SSSR count). The van der Waals surface area contributed by atoms with E-state index in [0.29, 0.717) is 0 Å². The summed E-state index contributed by atoms with van der Waals surface area (Å²) in [6.07, 6.45) is -0.672. The number of morpholine rings is 1. The lowest BCUT2D eigenvalue weighted by Crippen LogP contribution is -2.65. The Labute approximate surface area is 593 Å². The minimum absolute atomic E-state index is 0.00610. The van der Waals surface area contributed by atoms with Gasteiger partial charge in [-0.2, -0.15) is 0 Å². The lowest BCUT2D eigenvalue weighted by atomic mass is 9.91. The number of hydrogen-bond donors (Lipinski definition) is 8. The predicted molar refractivity (Wildman–Crippen MR) is 375 cm³/mol. The summed E-state index contributed by atoms with van der Waals surface area (Å²) in [6, 6.07) is -15.9. The van der Waals surface area contributed by atoms with Gasteiger partial charge in [0.1, 0.15) is 66.5 Å². The van der Waals surface area contributed by atoms with E-state index in [-0.39, 0.29) is 95.1 Å². The molecule has 0 aromatic carbocycles. The maximum absolute atomic E-state index is 15.3. The second-order valence-corrected chi connectivity index (χ2v) is 29.4. The zero-order valence-corrected chi connectivity index (χ0v) is 63.9. The van der Waals surface area contributed by atoms with Gasteiger partial charge in [0, 0.05) is 56.0 Å². The number of aliphatic hydroxyl groups is 2. The second kappa shape index (κ2) is 42.4. The van der Waals surface area contributed by atoms with E-state index in [4.69, 9.17) is 18.9 Å². The molecule has 16 atom stereocenters. The number of hydrogen-bond acceptors (Lipinski definition) is 18. The van der Waals surface area contributed by atoms with Gasteiger partial charge in [0.2, 0.25) is 65.0 Å². The Kier molecular flexibility index (Phi) is 37.8. The van der Waals surface area contributed by atoms with Crippen molar-refractivity contribution in [2.45, 2.75) is 234 Å². The lowest BCUT2D eigenvalue weighted by Gasteiger charge is -2.40. The molecule has 0 aromatic heterocycles. The molecule has 2 aliphatic heterocycles. The molecular formula is C70H124N12O18. The van der Waals surface area contributed by atoms with Crippen LogP contribution in [0.15, 0.2) is 12.2 Å². The number of nitrogens with one attached hydrogen (secondary N) is 6. The summed E-state index contributed by atoms with van der Waals surface area (Å²) < 4.78 is 22.1. The van der Waals surface area contributed by atoms with Crippen molar-refractivity contribution in [2.24, 2.45) is 41.4 Å². The number of nitrogens with zero attached hydrogens (tertiary/aromatic N) is 6. The lowest BCUT2D eigenvalue weighted by molar-refractivity contribution is -0.156. The molecule has 572 valence electrons. The van der Waals surface area contributed by atoms with Crippen molar-refractivity contribution in [1.29, 1.82) is 0 Å². The molecule has 100 heavy (non-hydrogen) atoms. The number of rotatable bonds is 22. The van der Waals surface area contributed by atoms with E-state index in [0.717, 1.165) is 19.6 Å². The Morgan fingerprint density at radius 1 is 0.520 bits per heavy atom. The predicted octanol–water partition coefficient (Wildman–Crippen LogP) is 1.42. The third kappa shape index (κ3) is 26.7. The van der Waals surface area contributed by atoms with Gasteiger partial charge in [-0.25, -0.2) is 4.79 Å². The van der Waals surface area contributed by atoms with E-state index < -0.39 is 180 Å². The quantitative estimate of drug-likeness (QED) is 0.0711. The molecule has 2 saturated heterocycles. The summed E-state index contributed by atoms with van der Waals surface area (Å²) in [5.74, 6) is -12.3. The van der Waals surface area contributed by atoms with Crippen molar-refractivity contribution in [3.63, 3.8) is 0 Å². The summed E-state index contributed by atoms with van der Waals surface area (Å²) in [5.41, 5.74) is 0. The largest absolute Gasteiger partial charge is 0.449 e. The highest BCUT2D eigenvalue weighted by atomic mass is 16.6. The number of amides is 12. The van der Waals surface area contributed by atoms with Crippen LogP contribution in [0.25, 0.3) is 0 Å². The van der Waals surface area contributed by atoms with Gasteiger partial charge < -0.3 is 90.5 Å². The summed E-state index contributed by atoms with van der Waals surface area (Å²) >= 11 is 0. The molecule has 0 spiro atoms. The van der Waals surface area contributed by atoms with Gasteiger partial charge in [-0.15, -0.1) is 0 Å². The molecule has 30 nitrogen and oxygen atoms in total. The molecule has 2 heterocycles. The van der Waals surface area contributed by atoms with E-state index in [9.17, 15) is 53.4 Å². The van der Waals surface area contributed by atoms with Crippen LogP contribution in [0.2, 0.25) is 0 Å². The molecule has 0 bridgehead atoms. The highest BCUT2D eigenvalue weighted by Gasteiger charge is 2.46. The minimum atomic E-state index is -1.85. The third-order valence-electron chi connectivity index (χ3n) is 18.1. The first-order valence-electron chi connectivity index (χ1n) is 35.2. The molecule has 0 saturated carbocycles. The maximum Gasteiger partial charge on any atom is 0.409 e. The van der Waals surface area contributed by atoms with Crippen molar-refractivity contribution in [1.82, 2.24) is 61.3 Å². The topological polar surface area (TPSA) is 374 Å². The zero-order valence-electron chi connectivity index (χ0n) is 63.9. The molecule has 12 amide bonds. The molecule has 0 unspecified atom stereocenters. The molecule has 2 aliphatic rings. The zero-order chi connectivity index (χ0) is 76.5. The van der Waals surface area contributed by atoms with Crippen LogP contribution in [0.4, 0.5) is 4.79 Å². The number of carbonyl (C=O) groups is 12. The third-order valence-corrected chi connectivity index (χ3v) is 18.1. The average molecular weight is 1420 g/mol. The van der Waals surface area contributed by atoms with E-state index in [1.54, 1.807) is 60.6 Å². The fourth-order valence-electron chi connectivity index (χ4n) is 12.2.